The van der Waals surface area contributed by atoms with Crippen molar-refractivity contribution in [1.29, 1.82) is 0 Å². The molecule has 1 aromatic heterocycles. The van der Waals surface area contributed by atoms with Crippen LogP contribution in [0.3, 0.4) is 0 Å². The van der Waals surface area contributed by atoms with Gasteiger partial charge in [-0.25, -0.2) is 5.43 Å². The van der Waals surface area contributed by atoms with Gasteiger partial charge in [0.05, 0.1) is 17.5 Å². The highest BCUT2D eigenvalue weighted by Crippen LogP contribution is 2.29. The molecule has 0 aliphatic carbocycles. The van der Waals surface area contributed by atoms with Crippen molar-refractivity contribution < 1.29 is 14.1 Å². The molecular weight excluding hydrogens is 354 g/mol. The molecule has 2 aromatic carbocycles. The number of hydrazone groups is 1. The molecule has 0 fully saturated rings. The fraction of sp³-hybridized carbons (Fsp3) is 0.105. The number of carbonyl (C=O) groups is 1. The molecular formula is C19H16ClN3O3. The minimum absolute atomic E-state index is 0.178. The quantitative estimate of drug-likeness (QED) is 0.528. The molecule has 0 aliphatic heterocycles. The minimum atomic E-state index is -0.370. The molecule has 6 nitrogen and oxygen atoms in total. The van der Waals surface area contributed by atoms with E-state index >= 15 is 0 Å². The van der Waals surface area contributed by atoms with Crippen molar-refractivity contribution in [1.82, 2.24) is 10.6 Å². The van der Waals surface area contributed by atoms with E-state index in [1.165, 1.54) is 0 Å². The zero-order valence-electron chi connectivity index (χ0n) is 14.0. The number of nitrogens with one attached hydrogen (secondary N) is 1. The van der Waals surface area contributed by atoms with E-state index in [1.807, 2.05) is 30.3 Å². The lowest BCUT2D eigenvalue weighted by molar-refractivity contribution is -0.123. The lowest BCUT2D eigenvalue weighted by atomic mass is 10.1. The van der Waals surface area contributed by atoms with Gasteiger partial charge in [0.1, 0.15) is 5.75 Å². The molecule has 0 saturated heterocycles. The van der Waals surface area contributed by atoms with E-state index in [2.05, 4.69) is 15.7 Å². The number of hydrogen-bond acceptors (Lipinski definition) is 5. The Morgan fingerprint density at radius 1 is 1.19 bits per heavy atom. The highest BCUT2D eigenvalue weighted by Gasteiger charge is 2.10. The first-order valence-corrected chi connectivity index (χ1v) is 8.23. The van der Waals surface area contributed by atoms with Crippen molar-refractivity contribution in [3.63, 3.8) is 0 Å². The fourth-order valence-electron chi connectivity index (χ4n) is 2.23. The molecule has 0 unspecified atom stereocenters. The summed E-state index contributed by atoms with van der Waals surface area (Å²) in [6.45, 7) is 1.62. The summed E-state index contributed by atoms with van der Waals surface area (Å²) in [5, 5.41) is 8.40. The Kier molecular flexibility index (Phi) is 5.66. The zero-order chi connectivity index (χ0) is 18.4. The minimum Gasteiger partial charge on any atom is -0.483 e. The third kappa shape index (κ3) is 4.49. The number of rotatable bonds is 6. The van der Waals surface area contributed by atoms with Crippen LogP contribution in [-0.4, -0.2) is 23.4 Å². The number of hydrogen-bond donors (Lipinski definition) is 1. The lowest BCUT2D eigenvalue weighted by Crippen LogP contribution is -2.25. The van der Waals surface area contributed by atoms with Gasteiger partial charge in [-0.2, -0.15) is 5.10 Å². The Labute approximate surface area is 155 Å². The number of amides is 1. The topological polar surface area (TPSA) is 76.7 Å². The summed E-state index contributed by atoms with van der Waals surface area (Å²) in [5.41, 5.74) is 4.73. The van der Waals surface area contributed by atoms with Gasteiger partial charge >= 0.3 is 0 Å². The van der Waals surface area contributed by atoms with Gasteiger partial charge in [0, 0.05) is 11.1 Å². The predicted molar refractivity (Wildman–Crippen MR) is 99.2 cm³/mol. The highest BCUT2D eigenvalue weighted by atomic mass is 35.5. The first-order valence-electron chi connectivity index (χ1n) is 7.85. The first kappa shape index (κ1) is 17.7. The van der Waals surface area contributed by atoms with Crippen LogP contribution in [0.25, 0.3) is 11.3 Å². The van der Waals surface area contributed by atoms with Gasteiger partial charge < -0.3 is 9.26 Å². The number of carbonyl (C=O) groups excluding carboxylic acids is 1. The number of nitrogens with zero attached hydrogens (tertiary/aromatic N) is 2. The number of benzene rings is 2. The van der Waals surface area contributed by atoms with Gasteiger partial charge in [0.15, 0.2) is 12.4 Å². The van der Waals surface area contributed by atoms with Crippen LogP contribution >= 0.6 is 11.6 Å². The number of para-hydroxylation sites is 1. The van der Waals surface area contributed by atoms with Crippen molar-refractivity contribution in [3.05, 3.63) is 71.4 Å². The maximum atomic E-state index is 12.0. The molecule has 0 radical (unpaired) electrons. The third-order valence-electron chi connectivity index (χ3n) is 3.56. The largest absolute Gasteiger partial charge is 0.483 e. The van der Waals surface area contributed by atoms with Crippen LogP contribution in [-0.2, 0) is 4.79 Å². The molecule has 1 amide bonds. The van der Waals surface area contributed by atoms with Crippen LogP contribution < -0.4 is 10.2 Å². The molecule has 7 heteroatoms. The van der Waals surface area contributed by atoms with Crippen LogP contribution in [0.2, 0.25) is 5.02 Å². The summed E-state index contributed by atoms with van der Waals surface area (Å²) in [6, 6.07) is 16.2. The maximum Gasteiger partial charge on any atom is 0.277 e. The van der Waals surface area contributed by atoms with Crippen LogP contribution in [0, 0.1) is 0 Å². The molecule has 26 heavy (non-hydrogen) atoms. The molecule has 0 aliphatic rings. The summed E-state index contributed by atoms with van der Waals surface area (Å²) in [4.78, 5) is 12.0. The molecule has 0 spiro atoms. The normalized spacial score (nSPS) is 11.2. The van der Waals surface area contributed by atoms with Gasteiger partial charge in [-0.1, -0.05) is 41.0 Å². The van der Waals surface area contributed by atoms with Gasteiger partial charge in [-0.15, -0.1) is 0 Å². The van der Waals surface area contributed by atoms with Crippen molar-refractivity contribution in [2.24, 2.45) is 5.10 Å². The molecule has 1 N–H and O–H groups in total. The summed E-state index contributed by atoms with van der Waals surface area (Å²) in [5.74, 6) is 0.723. The molecule has 0 bridgehead atoms. The molecule has 132 valence electrons. The zero-order valence-corrected chi connectivity index (χ0v) is 14.7. The number of aromatic nitrogens is 1. The number of ether oxygens (including phenoxy) is 1. The monoisotopic (exact) mass is 369 g/mol. The second-order valence-electron chi connectivity index (χ2n) is 5.40. The smallest absolute Gasteiger partial charge is 0.277 e. The van der Waals surface area contributed by atoms with E-state index in [1.54, 1.807) is 37.4 Å². The Morgan fingerprint density at radius 2 is 1.96 bits per heavy atom. The van der Waals surface area contributed by atoms with E-state index in [-0.39, 0.29) is 12.5 Å². The lowest BCUT2D eigenvalue weighted by Gasteiger charge is -2.09. The molecule has 0 saturated carbocycles. The van der Waals surface area contributed by atoms with Crippen molar-refractivity contribution in [2.45, 2.75) is 6.92 Å². The number of halogens is 1. The Balaban J connectivity index is 1.60. The van der Waals surface area contributed by atoms with Gasteiger partial charge in [0.25, 0.3) is 5.91 Å². The van der Waals surface area contributed by atoms with E-state index < -0.39 is 0 Å². The predicted octanol–water partition coefficient (Wildman–Crippen LogP) is 3.91. The first-order chi connectivity index (χ1) is 12.6. The SMILES string of the molecule is C/C(=N\NC(=O)COc1ccccc1-c1ccno1)c1ccc(Cl)cc1. The summed E-state index contributed by atoms with van der Waals surface area (Å²) in [6.07, 6.45) is 1.55. The van der Waals surface area contributed by atoms with Crippen molar-refractivity contribution in [2.75, 3.05) is 6.61 Å². The van der Waals surface area contributed by atoms with Gasteiger partial charge in [-0.3, -0.25) is 4.79 Å². The van der Waals surface area contributed by atoms with E-state index in [4.69, 9.17) is 20.9 Å². The highest BCUT2D eigenvalue weighted by molar-refractivity contribution is 6.30. The van der Waals surface area contributed by atoms with E-state index in [9.17, 15) is 4.79 Å². The van der Waals surface area contributed by atoms with Gasteiger partial charge in [-0.05, 0) is 36.8 Å². The Hall–Kier alpha value is -3.12. The average molecular weight is 370 g/mol. The fourth-order valence-corrected chi connectivity index (χ4v) is 2.35. The second kappa shape index (κ2) is 8.31. The average Bonchev–Trinajstić information content (AvgIpc) is 3.20. The summed E-state index contributed by atoms with van der Waals surface area (Å²) in [7, 11) is 0. The van der Waals surface area contributed by atoms with Crippen LogP contribution in [0.5, 0.6) is 5.75 Å². The van der Waals surface area contributed by atoms with Crippen LogP contribution in [0.1, 0.15) is 12.5 Å². The maximum absolute atomic E-state index is 12.0. The summed E-state index contributed by atoms with van der Waals surface area (Å²) >= 11 is 5.86. The Morgan fingerprint density at radius 3 is 2.69 bits per heavy atom. The van der Waals surface area contributed by atoms with Crippen LogP contribution in [0.4, 0.5) is 0 Å². The van der Waals surface area contributed by atoms with E-state index in [0.29, 0.717) is 22.2 Å². The van der Waals surface area contributed by atoms with Crippen molar-refractivity contribution in [3.8, 4) is 17.1 Å². The Bertz CT molecular complexity index is 906. The molecule has 3 aromatic rings. The molecule has 1 heterocycles. The van der Waals surface area contributed by atoms with Crippen molar-refractivity contribution >= 4 is 23.2 Å². The second-order valence-corrected chi connectivity index (χ2v) is 5.84. The van der Waals surface area contributed by atoms with E-state index in [0.717, 1.165) is 11.1 Å². The van der Waals surface area contributed by atoms with Gasteiger partial charge in [0.2, 0.25) is 0 Å². The standard InChI is InChI=1S/C19H16ClN3O3/c1-13(14-6-8-15(20)9-7-14)22-23-19(24)12-25-17-5-3-2-4-16(17)18-10-11-21-26-18/h2-11H,12H2,1H3,(H,23,24)/b22-13+. The molecule has 3 rings (SSSR count). The summed E-state index contributed by atoms with van der Waals surface area (Å²) < 4.78 is 10.7. The molecule has 0 atom stereocenters. The van der Waals surface area contributed by atoms with Crippen LogP contribution in [0.15, 0.2) is 70.4 Å². The third-order valence-corrected chi connectivity index (χ3v) is 3.81.